The largest absolute Gasteiger partial charge is 0.325 e. The molecular formula is C17H16Cl2N2O3S. The first-order chi connectivity index (χ1) is 11.7. The van der Waals surface area contributed by atoms with Crippen LogP contribution in [-0.4, -0.2) is 14.3 Å². The van der Waals surface area contributed by atoms with Crippen LogP contribution in [0.25, 0.3) is 0 Å². The molecule has 2 aromatic rings. The lowest BCUT2D eigenvalue weighted by Gasteiger charge is -2.17. The van der Waals surface area contributed by atoms with Crippen molar-refractivity contribution < 1.29 is 13.2 Å². The van der Waals surface area contributed by atoms with Gasteiger partial charge >= 0.3 is 0 Å². The minimum absolute atomic E-state index is 0.103. The van der Waals surface area contributed by atoms with Crippen molar-refractivity contribution in [2.75, 3.05) is 5.32 Å². The summed E-state index contributed by atoms with van der Waals surface area (Å²) < 4.78 is 28.0. The van der Waals surface area contributed by atoms with Crippen molar-refractivity contribution in [2.45, 2.75) is 30.7 Å². The second-order valence-corrected chi connectivity index (χ2v) is 8.53. The van der Waals surface area contributed by atoms with Gasteiger partial charge in [-0.3, -0.25) is 4.79 Å². The summed E-state index contributed by atoms with van der Waals surface area (Å²) in [6.07, 6.45) is 0. The van der Waals surface area contributed by atoms with E-state index in [0.717, 1.165) is 0 Å². The fourth-order valence-electron chi connectivity index (χ4n) is 2.78. The van der Waals surface area contributed by atoms with Crippen LogP contribution in [0, 0.1) is 0 Å². The van der Waals surface area contributed by atoms with E-state index in [0.29, 0.717) is 26.9 Å². The molecule has 0 unspecified atom stereocenters. The quantitative estimate of drug-likeness (QED) is 0.813. The lowest BCUT2D eigenvalue weighted by atomic mass is 10.0. The molecule has 0 bridgehead atoms. The molecule has 5 nitrogen and oxygen atoms in total. The van der Waals surface area contributed by atoms with E-state index in [-0.39, 0.29) is 16.7 Å². The van der Waals surface area contributed by atoms with Gasteiger partial charge in [-0.05, 0) is 55.3 Å². The SMILES string of the molecule is C[C@H](NS(=O)(=O)c1ccc2c(c1)[C@@H](C)C(=O)N2)c1ccc(Cl)cc1Cl. The van der Waals surface area contributed by atoms with Crippen molar-refractivity contribution in [3.8, 4) is 0 Å². The molecule has 1 aliphatic heterocycles. The third-order valence-electron chi connectivity index (χ3n) is 4.21. The number of sulfonamides is 1. The minimum Gasteiger partial charge on any atom is -0.325 e. The van der Waals surface area contributed by atoms with Crippen molar-refractivity contribution in [1.29, 1.82) is 0 Å². The van der Waals surface area contributed by atoms with Gasteiger partial charge in [0.15, 0.2) is 0 Å². The first kappa shape index (κ1) is 18.2. The van der Waals surface area contributed by atoms with Crippen LogP contribution >= 0.6 is 23.2 Å². The lowest BCUT2D eigenvalue weighted by molar-refractivity contribution is -0.116. The van der Waals surface area contributed by atoms with Crippen molar-refractivity contribution in [3.05, 3.63) is 57.6 Å². The zero-order valence-electron chi connectivity index (χ0n) is 13.5. The topological polar surface area (TPSA) is 75.3 Å². The summed E-state index contributed by atoms with van der Waals surface area (Å²) in [6.45, 7) is 3.44. The highest BCUT2D eigenvalue weighted by Crippen LogP contribution is 2.34. The summed E-state index contributed by atoms with van der Waals surface area (Å²) >= 11 is 12.0. The average Bonchev–Trinajstić information content (AvgIpc) is 2.81. The predicted octanol–water partition coefficient (Wildman–Crippen LogP) is 4.09. The number of carbonyl (C=O) groups is 1. The number of amides is 1. The predicted molar refractivity (Wildman–Crippen MR) is 98.7 cm³/mol. The van der Waals surface area contributed by atoms with Gasteiger partial charge in [0.1, 0.15) is 0 Å². The molecule has 0 aromatic heterocycles. The number of hydrogen-bond donors (Lipinski definition) is 2. The van der Waals surface area contributed by atoms with E-state index in [1.165, 1.54) is 12.1 Å². The van der Waals surface area contributed by atoms with Crippen LogP contribution in [0.3, 0.4) is 0 Å². The number of fused-ring (bicyclic) bond motifs is 1. The van der Waals surface area contributed by atoms with Gasteiger partial charge in [-0.25, -0.2) is 13.1 Å². The molecule has 2 N–H and O–H groups in total. The maximum Gasteiger partial charge on any atom is 0.241 e. The number of halogens is 2. The molecule has 0 spiro atoms. The van der Waals surface area contributed by atoms with E-state index in [1.807, 2.05) is 0 Å². The molecule has 0 aliphatic carbocycles. The zero-order chi connectivity index (χ0) is 18.4. The Balaban J connectivity index is 1.89. The summed E-state index contributed by atoms with van der Waals surface area (Å²) in [6, 6.07) is 8.96. The van der Waals surface area contributed by atoms with Crippen molar-refractivity contribution in [1.82, 2.24) is 4.72 Å². The number of nitrogens with one attached hydrogen (secondary N) is 2. The van der Waals surface area contributed by atoms with Gasteiger partial charge < -0.3 is 5.32 Å². The molecule has 0 saturated heterocycles. The van der Waals surface area contributed by atoms with Crippen LogP contribution in [0.4, 0.5) is 5.69 Å². The molecule has 8 heteroatoms. The summed E-state index contributed by atoms with van der Waals surface area (Å²) in [5.74, 6) is -0.521. The van der Waals surface area contributed by atoms with Crippen LogP contribution in [0.2, 0.25) is 10.0 Å². The smallest absolute Gasteiger partial charge is 0.241 e. The Bertz CT molecular complexity index is 960. The number of hydrogen-bond acceptors (Lipinski definition) is 3. The molecule has 3 rings (SSSR count). The summed E-state index contributed by atoms with van der Waals surface area (Å²) in [7, 11) is -3.78. The Labute approximate surface area is 156 Å². The number of carbonyl (C=O) groups excluding carboxylic acids is 1. The van der Waals surface area contributed by atoms with Crippen LogP contribution in [0.5, 0.6) is 0 Å². The number of anilines is 1. The Kier molecular flexibility index (Phi) is 4.81. The van der Waals surface area contributed by atoms with Gasteiger partial charge in [-0.1, -0.05) is 29.3 Å². The highest BCUT2D eigenvalue weighted by Gasteiger charge is 2.29. The summed E-state index contributed by atoms with van der Waals surface area (Å²) in [5.41, 5.74) is 1.94. The van der Waals surface area contributed by atoms with Gasteiger partial charge in [-0.15, -0.1) is 0 Å². The highest BCUT2D eigenvalue weighted by molar-refractivity contribution is 7.89. The Morgan fingerprint density at radius 3 is 2.56 bits per heavy atom. The van der Waals surface area contributed by atoms with Crippen LogP contribution in [-0.2, 0) is 14.8 Å². The van der Waals surface area contributed by atoms with Gasteiger partial charge in [0, 0.05) is 21.8 Å². The molecular weight excluding hydrogens is 383 g/mol. The fraction of sp³-hybridized carbons (Fsp3) is 0.235. The highest BCUT2D eigenvalue weighted by atomic mass is 35.5. The summed E-state index contributed by atoms with van der Waals surface area (Å²) in [5, 5.41) is 3.59. The van der Waals surface area contributed by atoms with Gasteiger partial charge in [0.05, 0.1) is 10.8 Å². The van der Waals surface area contributed by atoms with E-state index in [1.54, 1.807) is 38.1 Å². The van der Waals surface area contributed by atoms with E-state index in [9.17, 15) is 13.2 Å². The molecule has 1 amide bonds. The van der Waals surface area contributed by atoms with Crippen LogP contribution in [0.1, 0.15) is 36.9 Å². The van der Waals surface area contributed by atoms with E-state index in [2.05, 4.69) is 10.0 Å². The molecule has 25 heavy (non-hydrogen) atoms. The van der Waals surface area contributed by atoms with Crippen molar-refractivity contribution in [2.24, 2.45) is 0 Å². The van der Waals surface area contributed by atoms with E-state index >= 15 is 0 Å². The standard InChI is InChI=1S/C17H16Cl2N2O3S/c1-9-14-8-12(4-6-16(14)20-17(9)22)25(23,24)21-10(2)13-5-3-11(18)7-15(13)19/h3-10,21H,1-2H3,(H,20,22)/t9-,10+/m1/s1. The molecule has 1 heterocycles. The average molecular weight is 399 g/mol. The maximum absolute atomic E-state index is 12.7. The second-order valence-electron chi connectivity index (χ2n) is 5.97. The van der Waals surface area contributed by atoms with E-state index < -0.39 is 16.1 Å². The third kappa shape index (κ3) is 3.53. The van der Waals surface area contributed by atoms with E-state index in [4.69, 9.17) is 23.2 Å². The van der Waals surface area contributed by atoms with Crippen molar-refractivity contribution >= 4 is 44.8 Å². The van der Waals surface area contributed by atoms with Crippen LogP contribution < -0.4 is 10.0 Å². The maximum atomic E-state index is 12.7. The monoisotopic (exact) mass is 398 g/mol. The lowest BCUT2D eigenvalue weighted by Crippen LogP contribution is -2.27. The third-order valence-corrected chi connectivity index (χ3v) is 6.31. The molecule has 0 radical (unpaired) electrons. The molecule has 2 atom stereocenters. The summed E-state index contributed by atoms with van der Waals surface area (Å²) in [4.78, 5) is 11.8. The molecule has 2 aromatic carbocycles. The molecule has 0 saturated carbocycles. The number of benzene rings is 2. The molecule has 1 aliphatic rings. The zero-order valence-corrected chi connectivity index (χ0v) is 15.8. The number of rotatable bonds is 4. The van der Waals surface area contributed by atoms with Crippen molar-refractivity contribution in [3.63, 3.8) is 0 Å². The van der Waals surface area contributed by atoms with Crippen LogP contribution in [0.15, 0.2) is 41.3 Å². The Morgan fingerprint density at radius 1 is 1.16 bits per heavy atom. The first-order valence-corrected chi connectivity index (χ1v) is 9.85. The molecule has 132 valence electrons. The molecule has 0 fully saturated rings. The Morgan fingerprint density at radius 2 is 1.88 bits per heavy atom. The normalized spacial score (nSPS) is 17.9. The second kappa shape index (κ2) is 6.61. The van der Waals surface area contributed by atoms with Gasteiger partial charge in [0.2, 0.25) is 15.9 Å². The minimum atomic E-state index is -3.78. The Hall–Kier alpha value is -1.60. The fourth-order valence-corrected chi connectivity index (χ4v) is 4.61. The first-order valence-electron chi connectivity index (χ1n) is 7.61. The van der Waals surface area contributed by atoms with Gasteiger partial charge in [-0.2, -0.15) is 0 Å². The van der Waals surface area contributed by atoms with Gasteiger partial charge in [0.25, 0.3) is 0 Å².